The van der Waals surface area contributed by atoms with Gasteiger partial charge >= 0.3 is 0 Å². The first-order valence-electron chi connectivity index (χ1n) is 11.7. The Hall–Kier alpha value is -3.02. The van der Waals surface area contributed by atoms with Crippen molar-refractivity contribution >= 4 is 23.2 Å². The van der Waals surface area contributed by atoms with E-state index in [4.69, 9.17) is 9.47 Å². The molecule has 0 spiro atoms. The molecule has 0 saturated carbocycles. The molecule has 174 valence electrons. The molecule has 0 bridgehead atoms. The summed E-state index contributed by atoms with van der Waals surface area (Å²) in [5.41, 5.74) is 1.50. The number of carbonyl (C=O) groups is 2. The van der Waals surface area contributed by atoms with Crippen LogP contribution in [-0.4, -0.2) is 25.0 Å². The van der Waals surface area contributed by atoms with E-state index in [2.05, 4.69) is 24.5 Å². The summed E-state index contributed by atoms with van der Waals surface area (Å²) in [4.78, 5) is 24.2. The molecule has 0 radical (unpaired) electrons. The topological polar surface area (TPSA) is 76.7 Å². The van der Waals surface area contributed by atoms with Gasteiger partial charge in [0, 0.05) is 24.2 Å². The summed E-state index contributed by atoms with van der Waals surface area (Å²) in [5.74, 6) is 1.51. The summed E-state index contributed by atoms with van der Waals surface area (Å²) in [6.07, 6.45) is 6.31. The van der Waals surface area contributed by atoms with Gasteiger partial charge in [-0.15, -0.1) is 0 Å². The Morgan fingerprint density at radius 2 is 1.00 bits per heavy atom. The van der Waals surface area contributed by atoms with E-state index < -0.39 is 0 Å². The monoisotopic (exact) mass is 440 g/mol. The fourth-order valence-corrected chi connectivity index (χ4v) is 2.96. The molecule has 2 N–H and O–H groups in total. The SMILES string of the molecule is CCCCOc1ccc(NC(=O)CCCCC(=O)Nc2ccc(OCCCC)cc2)cc1. The number of ether oxygens (including phenoxy) is 2. The zero-order valence-corrected chi connectivity index (χ0v) is 19.3. The molecule has 0 aliphatic carbocycles. The predicted molar refractivity (Wildman–Crippen MR) is 129 cm³/mol. The number of carbonyl (C=O) groups excluding carboxylic acids is 2. The largest absolute Gasteiger partial charge is 0.494 e. The Morgan fingerprint density at radius 1 is 0.625 bits per heavy atom. The van der Waals surface area contributed by atoms with E-state index in [1.165, 1.54) is 0 Å². The fourth-order valence-electron chi connectivity index (χ4n) is 2.96. The summed E-state index contributed by atoms with van der Waals surface area (Å²) in [6, 6.07) is 14.8. The maximum atomic E-state index is 12.1. The molecule has 0 aromatic heterocycles. The van der Waals surface area contributed by atoms with Crippen molar-refractivity contribution in [2.75, 3.05) is 23.8 Å². The van der Waals surface area contributed by atoms with Gasteiger partial charge in [0.05, 0.1) is 13.2 Å². The Labute approximate surface area is 191 Å². The van der Waals surface area contributed by atoms with Gasteiger partial charge in [-0.2, -0.15) is 0 Å². The second kappa shape index (κ2) is 14.9. The predicted octanol–water partition coefficient (Wildman–Crippen LogP) is 6.18. The minimum absolute atomic E-state index is 0.0521. The minimum Gasteiger partial charge on any atom is -0.494 e. The molecule has 2 amide bonds. The molecule has 0 aliphatic heterocycles. The zero-order valence-electron chi connectivity index (χ0n) is 19.3. The van der Waals surface area contributed by atoms with Crippen LogP contribution in [0.3, 0.4) is 0 Å². The normalized spacial score (nSPS) is 10.4. The summed E-state index contributed by atoms with van der Waals surface area (Å²) in [7, 11) is 0. The number of rotatable bonds is 15. The Morgan fingerprint density at radius 3 is 1.34 bits per heavy atom. The molecular weight excluding hydrogens is 404 g/mol. The summed E-state index contributed by atoms with van der Waals surface area (Å²) in [6.45, 7) is 5.65. The Kier molecular flexibility index (Phi) is 11.7. The van der Waals surface area contributed by atoms with Crippen LogP contribution in [0.1, 0.15) is 65.2 Å². The second-order valence-corrected chi connectivity index (χ2v) is 7.76. The van der Waals surface area contributed by atoms with Crippen molar-refractivity contribution in [2.24, 2.45) is 0 Å². The smallest absolute Gasteiger partial charge is 0.224 e. The molecule has 0 unspecified atom stereocenters. The molecule has 0 aliphatic rings. The molecule has 32 heavy (non-hydrogen) atoms. The summed E-state index contributed by atoms with van der Waals surface area (Å²) >= 11 is 0. The second-order valence-electron chi connectivity index (χ2n) is 7.76. The maximum absolute atomic E-state index is 12.1. The highest BCUT2D eigenvalue weighted by atomic mass is 16.5. The molecule has 6 heteroatoms. The number of hydrogen-bond acceptors (Lipinski definition) is 4. The van der Waals surface area contributed by atoms with Crippen molar-refractivity contribution < 1.29 is 19.1 Å². The van der Waals surface area contributed by atoms with Crippen molar-refractivity contribution in [3.05, 3.63) is 48.5 Å². The number of nitrogens with one attached hydrogen (secondary N) is 2. The van der Waals surface area contributed by atoms with Crippen molar-refractivity contribution in [1.29, 1.82) is 0 Å². The van der Waals surface area contributed by atoms with Gasteiger partial charge in [0.25, 0.3) is 0 Å². The highest BCUT2D eigenvalue weighted by Gasteiger charge is 2.06. The molecular formula is C26H36N2O4. The number of anilines is 2. The van der Waals surface area contributed by atoms with Crippen LogP contribution in [0.4, 0.5) is 11.4 Å². The van der Waals surface area contributed by atoms with E-state index in [9.17, 15) is 9.59 Å². The third-order valence-corrected chi connectivity index (χ3v) is 4.87. The quantitative estimate of drug-likeness (QED) is 0.324. The number of unbranched alkanes of at least 4 members (excludes halogenated alkanes) is 3. The van der Waals surface area contributed by atoms with Crippen molar-refractivity contribution in [3.63, 3.8) is 0 Å². The third kappa shape index (κ3) is 10.3. The van der Waals surface area contributed by atoms with Crippen LogP contribution in [0.5, 0.6) is 11.5 Å². The van der Waals surface area contributed by atoms with E-state index in [1.54, 1.807) is 0 Å². The highest BCUT2D eigenvalue weighted by molar-refractivity contribution is 5.91. The number of benzene rings is 2. The van der Waals surface area contributed by atoms with Crippen molar-refractivity contribution in [1.82, 2.24) is 0 Å². The van der Waals surface area contributed by atoms with E-state index >= 15 is 0 Å². The fraction of sp³-hybridized carbons (Fsp3) is 0.462. The zero-order chi connectivity index (χ0) is 23.0. The van der Waals surface area contributed by atoms with E-state index in [0.717, 1.165) is 48.6 Å². The molecule has 0 heterocycles. The first kappa shape index (κ1) is 25.2. The first-order chi connectivity index (χ1) is 15.6. The van der Waals surface area contributed by atoms with Crippen LogP contribution in [0.2, 0.25) is 0 Å². The Balaban J connectivity index is 1.60. The summed E-state index contributed by atoms with van der Waals surface area (Å²) < 4.78 is 11.2. The standard InChI is InChI=1S/C26H36N2O4/c1-3-5-19-31-23-15-11-21(12-16-23)27-25(29)9-7-8-10-26(30)28-22-13-17-24(18-14-22)32-20-6-4-2/h11-18H,3-10,19-20H2,1-2H3,(H,27,29)(H,28,30). The van der Waals surface area contributed by atoms with Gasteiger partial charge in [0.15, 0.2) is 0 Å². The molecule has 0 fully saturated rings. The van der Waals surface area contributed by atoms with Crippen molar-refractivity contribution in [2.45, 2.75) is 65.2 Å². The van der Waals surface area contributed by atoms with Crippen molar-refractivity contribution in [3.8, 4) is 11.5 Å². The van der Waals surface area contributed by atoms with E-state index in [1.807, 2.05) is 48.5 Å². The summed E-state index contributed by atoms with van der Waals surface area (Å²) in [5, 5.41) is 5.76. The van der Waals surface area contributed by atoms with Gasteiger partial charge < -0.3 is 20.1 Å². The molecule has 0 saturated heterocycles. The molecule has 2 aromatic carbocycles. The van der Waals surface area contributed by atoms with Gasteiger partial charge in [-0.05, 0) is 74.2 Å². The van der Waals surface area contributed by atoms with Gasteiger partial charge in [-0.1, -0.05) is 26.7 Å². The van der Waals surface area contributed by atoms with Crippen LogP contribution in [-0.2, 0) is 9.59 Å². The highest BCUT2D eigenvalue weighted by Crippen LogP contribution is 2.18. The lowest BCUT2D eigenvalue weighted by atomic mass is 10.1. The first-order valence-corrected chi connectivity index (χ1v) is 11.7. The van der Waals surface area contributed by atoms with E-state index in [-0.39, 0.29) is 11.8 Å². The van der Waals surface area contributed by atoms with E-state index in [0.29, 0.717) is 38.9 Å². The van der Waals surface area contributed by atoms with Gasteiger partial charge in [0.1, 0.15) is 11.5 Å². The lowest BCUT2D eigenvalue weighted by Crippen LogP contribution is -2.13. The third-order valence-electron chi connectivity index (χ3n) is 4.87. The number of hydrogen-bond donors (Lipinski definition) is 2. The minimum atomic E-state index is -0.0521. The van der Waals surface area contributed by atoms with Crippen LogP contribution in [0, 0.1) is 0 Å². The van der Waals surface area contributed by atoms with Crippen LogP contribution >= 0.6 is 0 Å². The molecule has 2 aromatic rings. The average molecular weight is 441 g/mol. The average Bonchev–Trinajstić information content (AvgIpc) is 2.79. The molecule has 0 atom stereocenters. The Bertz CT molecular complexity index is 734. The lowest BCUT2D eigenvalue weighted by Gasteiger charge is -2.09. The lowest BCUT2D eigenvalue weighted by molar-refractivity contribution is -0.118. The maximum Gasteiger partial charge on any atom is 0.224 e. The number of amides is 2. The van der Waals surface area contributed by atoms with Gasteiger partial charge in [0.2, 0.25) is 11.8 Å². The van der Waals surface area contributed by atoms with Gasteiger partial charge in [-0.25, -0.2) is 0 Å². The molecule has 6 nitrogen and oxygen atoms in total. The van der Waals surface area contributed by atoms with Crippen LogP contribution in [0.15, 0.2) is 48.5 Å². The molecule has 2 rings (SSSR count). The van der Waals surface area contributed by atoms with Crippen LogP contribution < -0.4 is 20.1 Å². The van der Waals surface area contributed by atoms with Crippen LogP contribution in [0.25, 0.3) is 0 Å². The van der Waals surface area contributed by atoms with Gasteiger partial charge in [-0.3, -0.25) is 9.59 Å².